The number of benzene rings is 1. The van der Waals surface area contributed by atoms with Gasteiger partial charge in [-0.1, -0.05) is 31.2 Å². The standard InChI is InChI=1S/C16H25N2OP/c1-2-17-11-13-4-3-5-15(10-13)14-6-8-18(9-7-14)16(19)12-20/h3-5,10,14,17H,2,6-9,11-12,20H2,1H3. The average Bonchev–Trinajstić information content (AvgIpc) is 2.52. The maximum Gasteiger partial charge on any atom is 0.226 e. The molecule has 0 aromatic heterocycles. The fraction of sp³-hybridized carbons (Fsp3) is 0.562. The molecule has 1 unspecified atom stereocenters. The molecule has 110 valence electrons. The van der Waals surface area contributed by atoms with Gasteiger partial charge in [-0.3, -0.25) is 4.79 Å². The molecule has 1 heterocycles. The molecule has 0 spiro atoms. The van der Waals surface area contributed by atoms with E-state index in [1.54, 1.807) is 0 Å². The predicted molar refractivity (Wildman–Crippen MR) is 87.0 cm³/mol. The topological polar surface area (TPSA) is 32.3 Å². The molecule has 1 fully saturated rings. The Balaban J connectivity index is 1.94. The van der Waals surface area contributed by atoms with Crippen molar-refractivity contribution < 1.29 is 4.79 Å². The van der Waals surface area contributed by atoms with Crippen molar-refractivity contribution in [1.29, 1.82) is 0 Å². The molecule has 1 amide bonds. The first-order chi connectivity index (χ1) is 9.74. The van der Waals surface area contributed by atoms with Gasteiger partial charge in [0.05, 0.1) is 0 Å². The normalized spacial score (nSPS) is 16.4. The molecule has 1 atom stereocenters. The Bertz CT molecular complexity index is 442. The van der Waals surface area contributed by atoms with Gasteiger partial charge in [0, 0.05) is 25.8 Å². The highest BCUT2D eigenvalue weighted by molar-refractivity contribution is 7.18. The first kappa shape index (κ1) is 15.5. The zero-order chi connectivity index (χ0) is 14.4. The molecular formula is C16H25N2OP. The number of amides is 1. The summed E-state index contributed by atoms with van der Waals surface area (Å²) in [5.74, 6) is 0.861. The summed E-state index contributed by atoms with van der Waals surface area (Å²) in [6.07, 6.45) is 2.71. The maximum absolute atomic E-state index is 11.7. The molecule has 4 heteroatoms. The second kappa shape index (κ2) is 7.75. The monoisotopic (exact) mass is 292 g/mol. The van der Waals surface area contributed by atoms with Gasteiger partial charge in [0.1, 0.15) is 0 Å². The number of carbonyl (C=O) groups is 1. The van der Waals surface area contributed by atoms with Gasteiger partial charge in [0.25, 0.3) is 0 Å². The van der Waals surface area contributed by atoms with E-state index in [-0.39, 0.29) is 5.91 Å². The largest absolute Gasteiger partial charge is 0.342 e. The van der Waals surface area contributed by atoms with Gasteiger partial charge in [-0.15, -0.1) is 9.24 Å². The smallest absolute Gasteiger partial charge is 0.226 e. The Kier molecular flexibility index (Phi) is 6.00. The van der Waals surface area contributed by atoms with Crippen LogP contribution in [0.3, 0.4) is 0 Å². The third-order valence-electron chi connectivity index (χ3n) is 4.02. The van der Waals surface area contributed by atoms with Crippen molar-refractivity contribution in [2.24, 2.45) is 0 Å². The minimum absolute atomic E-state index is 0.259. The second-order valence-electron chi connectivity index (χ2n) is 5.38. The van der Waals surface area contributed by atoms with Gasteiger partial charge in [-0.2, -0.15) is 0 Å². The Morgan fingerprint density at radius 3 is 2.80 bits per heavy atom. The number of likely N-dealkylation sites (tertiary alicyclic amines) is 1. The van der Waals surface area contributed by atoms with Gasteiger partial charge in [-0.05, 0) is 36.4 Å². The van der Waals surface area contributed by atoms with Crippen LogP contribution in [0.2, 0.25) is 0 Å². The molecule has 20 heavy (non-hydrogen) atoms. The fourth-order valence-electron chi connectivity index (χ4n) is 2.82. The summed E-state index contributed by atoms with van der Waals surface area (Å²) in [4.78, 5) is 13.7. The molecule has 0 aliphatic carbocycles. The Hall–Kier alpha value is -0.920. The number of nitrogens with zero attached hydrogens (tertiary/aromatic N) is 1. The number of nitrogens with one attached hydrogen (secondary N) is 1. The molecule has 1 N–H and O–H groups in total. The molecule has 1 aliphatic rings. The predicted octanol–water partition coefficient (Wildman–Crippen LogP) is 2.38. The van der Waals surface area contributed by atoms with Crippen molar-refractivity contribution in [3.8, 4) is 0 Å². The minimum Gasteiger partial charge on any atom is -0.342 e. The first-order valence-corrected chi connectivity index (χ1v) is 8.33. The quantitative estimate of drug-likeness (QED) is 0.845. The van der Waals surface area contributed by atoms with Crippen molar-refractivity contribution in [3.05, 3.63) is 35.4 Å². The van der Waals surface area contributed by atoms with Crippen LogP contribution in [0.4, 0.5) is 0 Å². The van der Waals surface area contributed by atoms with E-state index in [4.69, 9.17) is 0 Å². The van der Waals surface area contributed by atoms with Gasteiger partial charge in [-0.25, -0.2) is 0 Å². The van der Waals surface area contributed by atoms with Crippen LogP contribution in [0.15, 0.2) is 24.3 Å². The van der Waals surface area contributed by atoms with Crippen LogP contribution >= 0.6 is 9.24 Å². The zero-order valence-electron chi connectivity index (χ0n) is 12.3. The Morgan fingerprint density at radius 2 is 2.15 bits per heavy atom. The lowest BCUT2D eigenvalue weighted by atomic mass is 9.88. The summed E-state index contributed by atoms with van der Waals surface area (Å²) in [5.41, 5.74) is 2.78. The van der Waals surface area contributed by atoms with E-state index in [9.17, 15) is 4.79 Å². The highest BCUT2D eigenvalue weighted by Gasteiger charge is 2.22. The summed E-state index contributed by atoms with van der Waals surface area (Å²) in [6.45, 7) is 5.86. The van der Waals surface area contributed by atoms with Gasteiger partial charge in [0.15, 0.2) is 0 Å². The molecule has 1 aromatic carbocycles. The van der Waals surface area contributed by atoms with Gasteiger partial charge >= 0.3 is 0 Å². The molecule has 1 saturated heterocycles. The number of rotatable bonds is 5. The lowest BCUT2D eigenvalue weighted by Gasteiger charge is -2.32. The summed E-state index contributed by atoms with van der Waals surface area (Å²) in [6, 6.07) is 8.88. The number of carbonyl (C=O) groups excluding carboxylic acids is 1. The van der Waals surface area contributed by atoms with Crippen LogP contribution in [-0.4, -0.2) is 36.6 Å². The minimum atomic E-state index is 0.259. The summed E-state index contributed by atoms with van der Waals surface area (Å²) < 4.78 is 0. The van der Waals surface area contributed by atoms with Crippen LogP contribution in [-0.2, 0) is 11.3 Å². The molecule has 1 aromatic rings. The van der Waals surface area contributed by atoms with E-state index < -0.39 is 0 Å². The lowest BCUT2D eigenvalue weighted by Crippen LogP contribution is -2.38. The number of piperidine rings is 1. The summed E-state index contributed by atoms with van der Waals surface area (Å²) in [5, 5.41) is 3.37. The molecule has 3 nitrogen and oxygen atoms in total. The Morgan fingerprint density at radius 1 is 1.40 bits per heavy atom. The first-order valence-electron chi connectivity index (χ1n) is 7.52. The van der Waals surface area contributed by atoms with Gasteiger partial charge < -0.3 is 10.2 Å². The SMILES string of the molecule is CCNCc1cccc(C2CCN(C(=O)CP)CC2)c1. The van der Waals surface area contributed by atoms with Crippen molar-refractivity contribution in [1.82, 2.24) is 10.2 Å². The Labute approximate surface area is 124 Å². The van der Waals surface area contributed by atoms with Crippen LogP contribution in [0.1, 0.15) is 36.8 Å². The summed E-state index contributed by atoms with van der Waals surface area (Å²) in [7, 11) is 2.52. The molecule has 1 aliphatic heterocycles. The summed E-state index contributed by atoms with van der Waals surface area (Å²) >= 11 is 0. The molecular weight excluding hydrogens is 267 g/mol. The lowest BCUT2D eigenvalue weighted by molar-refractivity contribution is -0.129. The second-order valence-corrected chi connectivity index (χ2v) is 5.79. The fourth-order valence-corrected chi connectivity index (χ4v) is 3.08. The molecule has 0 radical (unpaired) electrons. The molecule has 2 rings (SSSR count). The van der Waals surface area contributed by atoms with E-state index in [0.29, 0.717) is 12.1 Å². The van der Waals surface area contributed by atoms with Crippen LogP contribution in [0.25, 0.3) is 0 Å². The number of hydrogen-bond acceptors (Lipinski definition) is 2. The van der Waals surface area contributed by atoms with E-state index in [1.165, 1.54) is 11.1 Å². The van der Waals surface area contributed by atoms with Crippen LogP contribution in [0.5, 0.6) is 0 Å². The maximum atomic E-state index is 11.7. The van der Waals surface area contributed by atoms with Crippen molar-refractivity contribution in [3.63, 3.8) is 0 Å². The van der Waals surface area contributed by atoms with Crippen LogP contribution in [0, 0.1) is 0 Å². The molecule has 0 saturated carbocycles. The third-order valence-corrected chi connectivity index (χ3v) is 4.37. The molecule has 0 bridgehead atoms. The van der Waals surface area contributed by atoms with Gasteiger partial charge in [0.2, 0.25) is 5.91 Å². The van der Waals surface area contributed by atoms with Crippen molar-refractivity contribution in [2.45, 2.75) is 32.2 Å². The van der Waals surface area contributed by atoms with E-state index >= 15 is 0 Å². The van der Waals surface area contributed by atoms with E-state index in [0.717, 1.165) is 39.0 Å². The van der Waals surface area contributed by atoms with E-state index in [2.05, 4.69) is 45.7 Å². The highest BCUT2D eigenvalue weighted by atomic mass is 31.0. The van der Waals surface area contributed by atoms with Crippen molar-refractivity contribution >= 4 is 15.1 Å². The zero-order valence-corrected chi connectivity index (χ0v) is 13.4. The third kappa shape index (κ3) is 4.04. The average molecular weight is 292 g/mol. The number of hydrogen-bond donors (Lipinski definition) is 1. The van der Waals surface area contributed by atoms with Crippen LogP contribution < -0.4 is 5.32 Å². The highest BCUT2D eigenvalue weighted by Crippen LogP contribution is 2.28. The van der Waals surface area contributed by atoms with E-state index in [1.807, 2.05) is 4.90 Å². The van der Waals surface area contributed by atoms with Crippen molar-refractivity contribution in [2.75, 3.05) is 25.8 Å².